The molecule has 2 N–H and O–H groups in total. The van der Waals surface area contributed by atoms with E-state index in [2.05, 4.69) is 20.2 Å². The average molecular weight is 389 g/mol. The number of hydrogen-bond acceptors (Lipinski definition) is 6. The smallest absolute Gasteiger partial charge is 0.251 e. The Morgan fingerprint density at radius 3 is 2.78 bits per heavy atom. The highest BCUT2D eigenvalue weighted by molar-refractivity contribution is 7.89. The molecule has 27 heavy (non-hydrogen) atoms. The molecule has 0 saturated carbocycles. The van der Waals surface area contributed by atoms with Gasteiger partial charge in [-0.3, -0.25) is 9.20 Å². The first-order chi connectivity index (χ1) is 13.0. The van der Waals surface area contributed by atoms with Crippen LogP contribution in [-0.4, -0.2) is 49.6 Å². The first kappa shape index (κ1) is 18.8. The normalized spacial score (nSPS) is 11.5. The van der Waals surface area contributed by atoms with Crippen LogP contribution in [0.25, 0.3) is 5.65 Å². The van der Waals surface area contributed by atoms with Crippen molar-refractivity contribution in [2.75, 3.05) is 20.7 Å². The molecule has 1 amide bonds. The van der Waals surface area contributed by atoms with Gasteiger partial charge in [0.15, 0.2) is 5.65 Å². The van der Waals surface area contributed by atoms with Crippen molar-refractivity contribution in [2.45, 2.75) is 11.3 Å². The molecule has 2 aromatic heterocycles. The Labute approximate surface area is 156 Å². The summed E-state index contributed by atoms with van der Waals surface area (Å²) < 4.78 is 33.4. The third kappa shape index (κ3) is 3.91. The molecule has 0 fully saturated rings. The van der Waals surface area contributed by atoms with E-state index in [-0.39, 0.29) is 22.1 Å². The lowest BCUT2D eigenvalue weighted by atomic mass is 10.2. The van der Waals surface area contributed by atoms with E-state index in [0.717, 1.165) is 11.5 Å². The molecule has 1 aromatic carbocycles. The number of aromatic nitrogens is 3. The molecule has 9 nitrogen and oxygen atoms in total. The first-order valence-electron chi connectivity index (χ1n) is 8.14. The van der Waals surface area contributed by atoms with Crippen molar-refractivity contribution in [3.05, 3.63) is 54.0 Å². The Hall–Kier alpha value is -2.98. The van der Waals surface area contributed by atoms with Gasteiger partial charge in [-0.2, -0.15) is 0 Å². The standard InChI is InChI=1S/C17H19N5O4S/c1-18-27(24,25)14-11-12(6-7-13(14)26-2)17(23)19-9-8-16-21-20-15-5-3-4-10-22(15)16/h3-7,10-11,18H,8-9H2,1-2H3,(H,19,23). The molecule has 0 atom stereocenters. The summed E-state index contributed by atoms with van der Waals surface area (Å²) in [6.45, 7) is 0.328. The number of benzene rings is 1. The van der Waals surface area contributed by atoms with E-state index < -0.39 is 10.0 Å². The Bertz CT molecular complexity index is 1080. The number of hydrogen-bond donors (Lipinski definition) is 2. The van der Waals surface area contributed by atoms with Gasteiger partial charge in [0.1, 0.15) is 16.5 Å². The van der Waals surface area contributed by atoms with Crippen LogP contribution in [0.3, 0.4) is 0 Å². The molecule has 10 heteroatoms. The fraction of sp³-hybridized carbons (Fsp3) is 0.235. The number of carbonyl (C=O) groups is 1. The predicted octanol–water partition coefficient (Wildman–Crippen LogP) is 0.618. The lowest BCUT2D eigenvalue weighted by Gasteiger charge is -2.11. The van der Waals surface area contributed by atoms with Gasteiger partial charge in [-0.05, 0) is 37.4 Å². The molecule has 3 aromatic rings. The van der Waals surface area contributed by atoms with Crippen LogP contribution in [0.15, 0.2) is 47.5 Å². The maximum atomic E-state index is 12.4. The van der Waals surface area contributed by atoms with Gasteiger partial charge in [-0.1, -0.05) is 6.07 Å². The third-order valence-electron chi connectivity index (χ3n) is 4.00. The summed E-state index contributed by atoms with van der Waals surface area (Å²) in [5.74, 6) is 0.494. The van der Waals surface area contributed by atoms with Crippen molar-refractivity contribution in [3.63, 3.8) is 0 Å². The summed E-state index contributed by atoms with van der Waals surface area (Å²) in [5.41, 5.74) is 0.951. The molecular weight excluding hydrogens is 370 g/mol. The minimum atomic E-state index is -3.75. The zero-order valence-electron chi connectivity index (χ0n) is 14.8. The topological polar surface area (TPSA) is 115 Å². The number of fused-ring (bicyclic) bond motifs is 1. The molecule has 0 aliphatic heterocycles. The van der Waals surface area contributed by atoms with Gasteiger partial charge < -0.3 is 10.1 Å². The Morgan fingerprint density at radius 1 is 1.22 bits per heavy atom. The number of rotatable bonds is 7. The monoisotopic (exact) mass is 389 g/mol. The molecule has 3 rings (SSSR count). The number of methoxy groups -OCH3 is 1. The van der Waals surface area contributed by atoms with Gasteiger partial charge in [0.2, 0.25) is 10.0 Å². The first-order valence-corrected chi connectivity index (χ1v) is 9.63. The SMILES string of the molecule is CNS(=O)(=O)c1cc(C(=O)NCCc2nnc3ccccn23)ccc1OC. The molecule has 2 heterocycles. The summed E-state index contributed by atoms with van der Waals surface area (Å²) >= 11 is 0. The van der Waals surface area contributed by atoms with Crippen molar-refractivity contribution in [1.82, 2.24) is 24.6 Å². The second-order valence-corrected chi connectivity index (χ2v) is 7.48. The zero-order valence-corrected chi connectivity index (χ0v) is 15.7. The highest BCUT2D eigenvalue weighted by Crippen LogP contribution is 2.24. The second kappa shape index (κ2) is 7.72. The van der Waals surface area contributed by atoms with Gasteiger partial charge in [0.05, 0.1) is 7.11 Å². The van der Waals surface area contributed by atoms with E-state index in [9.17, 15) is 13.2 Å². The Balaban J connectivity index is 1.72. The van der Waals surface area contributed by atoms with Gasteiger partial charge >= 0.3 is 0 Å². The number of nitrogens with one attached hydrogen (secondary N) is 2. The molecule has 0 unspecified atom stereocenters. The van der Waals surface area contributed by atoms with Crippen LogP contribution in [0.1, 0.15) is 16.2 Å². The number of sulfonamides is 1. The van der Waals surface area contributed by atoms with Crippen molar-refractivity contribution in [2.24, 2.45) is 0 Å². The van der Waals surface area contributed by atoms with E-state index in [0.29, 0.717) is 13.0 Å². The van der Waals surface area contributed by atoms with Crippen LogP contribution in [0.4, 0.5) is 0 Å². The van der Waals surface area contributed by atoms with E-state index in [1.165, 1.54) is 32.4 Å². The molecule has 0 saturated heterocycles. The maximum absolute atomic E-state index is 12.4. The summed E-state index contributed by atoms with van der Waals surface area (Å²) in [6, 6.07) is 9.83. The van der Waals surface area contributed by atoms with Gasteiger partial charge in [-0.25, -0.2) is 13.1 Å². The van der Waals surface area contributed by atoms with Crippen molar-refractivity contribution >= 4 is 21.6 Å². The highest BCUT2D eigenvalue weighted by Gasteiger charge is 2.20. The fourth-order valence-electron chi connectivity index (χ4n) is 2.59. The van der Waals surface area contributed by atoms with E-state index >= 15 is 0 Å². The average Bonchev–Trinajstić information content (AvgIpc) is 3.10. The quantitative estimate of drug-likeness (QED) is 0.612. The lowest BCUT2D eigenvalue weighted by molar-refractivity contribution is 0.0953. The summed E-state index contributed by atoms with van der Waals surface area (Å²) in [7, 11) is -1.09. The predicted molar refractivity (Wildman–Crippen MR) is 98.3 cm³/mol. The fourth-order valence-corrected chi connectivity index (χ4v) is 3.51. The van der Waals surface area contributed by atoms with Gasteiger partial charge in [-0.15, -0.1) is 10.2 Å². The van der Waals surface area contributed by atoms with Crippen LogP contribution in [-0.2, 0) is 16.4 Å². The van der Waals surface area contributed by atoms with Crippen LogP contribution in [0, 0.1) is 0 Å². The van der Waals surface area contributed by atoms with Crippen LogP contribution >= 0.6 is 0 Å². The number of pyridine rings is 1. The molecule has 142 valence electrons. The van der Waals surface area contributed by atoms with Crippen molar-refractivity contribution in [3.8, 4) is 5.75 Å². The number of ether oxygens (including phenoxy) is 1. The molecule has 0 aliphatic carbocycles. The Kier molecular flexibility index (Phi) is 5.38. The number of amides is 1. The van der Waals surface area contributed by atoms with Crippen molar-refractivity contribution < 1.29 is 17.9 Å². The van der Waals surface area contributed by atoms with Crippen LogP contribution < -0.4 is 14.8 Å². The van der Waals surface area contributed by atoms with Gasteiger partial charge in [0, 0.05) is 24.7 Å². The molecule has 0 spiro atoms. The number of carbonyl (C=O) groups excluding carboxylic acids is 1. The largest absolute Gasteiger partial charge is 0.495 e. The summed E-state index contributed by atoms with van der Waals surface area (Å²) in [6.07, 6.45) is 2.33. The summed E-state index contributed by atoms with van der Waals surface area (Å²) in [5, 5.41) is 10.9. The van der Waals surface area contributed by atoms with Crippen LogP contribution in [0.2, 0.25) is 0 Å². The maximum Gasteiger partial charge on any atom is 0.251 e. The molecule has 0 aliphatic rings. The zero-order chi connectivity index (χ0) is 19.4. The molecular formula is C17H19N5O4S. The van der Waals surface area contributed by atoms with E-state index in [4.69, 9.17) is 4.74 Å². The summed E-state index contributed by atoms with van der Waals surface area (Å²) in [4.78, 5) is 12.3. The molecule has 0 radical (unpaired) electrons. The minimum Gasteiger partial charge on any atom is -0.495 e. The highest BCUT2D eigenvalue weighted by atomic mass is 32.2. The minimum absolute atomic E-state index is 0.0939. The lowest BCUT2D eigenvalue weighted by Crippen LogP contribution is -2.27. The Morgan fingerprint density at radius 2 is 2.04 bits per heavy atom. The van der Waals surface area contributed by atoms with Crippen molar-refractivity contribution in [1.29, 1.82) is 0 Å². The van der Waals surface area contributed by atoms with Gasteiger partial charge in [0.25, 0.3) is 5.91 Å². The second-order valence-electron chi connectivity index (χ2n) is 5.62. The van der Waals surface area contributed by atoms with E-state index in [1.54, 1.807) is 0 Å². The third-order valence-corrected chi connectivity index (χ3v) is 5.44. The van der Waals surface area contributed by atoms with E-state index in [1.807, 2.05) is 28.8 Å². The van der Waals surface area contributed by atoms with Crippen LogP contribution in [0.5, 0.6) is 5.75 Å². The molecule has 0 bridgehead atoms. The number of nitrogens with zero attached hydrogens (tertiary/aromatic N) is 3.